The fourth-order valence-corrected chi connectivity index (χ4v) is 1.94. The Hall–Kier alpha value is -2.20. The topological polar surface area (TPSA) is 135 Å². The Labute approximate surface area is 121 Å². The number of rotatable bonds is 6. The lowest BCUT2D eigenvalue weighted by Crippen LogP contribution is -2.41. The highest BCUT2D eigenvalue weighted by molar-refractivity contribution is 7.88. The Balaban J connectivity index is 2.63. The molecule has 116 valence electrons. The first-order valence-electron chi connectivity index (χ1n) is 5.86. The lowest BCUT2D eigenvalue weighted by atomic mass is 10.2. The van der Waals surface area contributed by atoms with Gasteiger partial charge in [0.2, 0.25) is 0 Å². The first-order valence-corrected chi connectivity index (χ1v) is 7.34. The number of pyridine rings is 1. The minimum Gasteiger partial charge on any atom is -0.478 e. The van der Waals surface area contributed by atoms with Gasteiger partial charge in [-0.25, -0.2) is 14.3 Å². The van der Waals surface area contributed by atoms with Crippen molar-refractivity contribution in [3.05, 3.63) is 29.6 Å². The third-order valence-corrected chi connectivity index (χ3v) is 3.03. The van der Waals surface area contributed by atoms with Gasteiger partial charge < -0.3 is 9.84 Å². The third-order valence-electron chi connectivity index (χ3n) is 2.07. The van der Waals surface area contributed by atoms with E-state index in [0.29, 0.717) is 0 Å². The van der Waals surface area contributed by atoms with E-state index in [0.717, 1.165) is 0 Å². The van der Waals surface area contributed by atoms with Gasteiger partial charge in [-0.05, 0) is 26.0 Å². The maximum Gasteiger partial charge on any atom is 0.422 e. The van der Waals surface area contributed by atoms with Gasteiger partial charge in [-0.2, -0.15) is 13.1 Å². The Morgan fingerprint density at radius 2 is 2.10 bits per heavy atom. The van der Waals surface area contributed by atoms with Crippen LogP contribution in [0.2, 0.25) is 0 Å². The van der Waals surface area contributed by atoms with Gasteiger partial charge >= 0.3 is 22.3 Å². The number of carboxylic acid groups (broad SMARTS) is 1. The van der Waals surface area contributed by atoms with Crippen LogP contribution in [0.1, 0.15) is 29.9 Å². The number of carbonyl (C=O) groups excluding carboxylic acids is 1. The second kappa shape index (κ2) is 6.99. The average Bonchev–Trinajstić information content (AvgIpc) is 2.35. The van der Waals surface area contributed by atoms with E-state index in [1.807, 2.05) is 0 Å². The van der Waals surface area contributed by atoms with Crippen LogP contribution in [0.5, 0.6) is 0 Å². The van der Waals surface area contributed by atoms with E-state index >= 15 is 0 Å². The van der Waals surface area contributed by atoms with Crippen LogP contribution in [-0.2, 0) is 21.5 Å². The molecule has 0 fully saturated rings. The Kier molecular flexibility index (Phi) is 5.61. The van der Waals surface area contributed by atoms with Crippen LogP contribution in [0.15, 0.2) is 18.3 Å². The van der Waals surface area contributed by atoms with Crippen molar-refractivity contribution in [2.45, 2.75) is 26.5 Å². The summed E-state index contributed by atoms with van der Waals surface area (Å²) >= 11 is 0. The molecular formula is C11H15N3O6S. The number of nitrogens with one attached hydrogen (secondary N) is 2. The van der Waals surface area contributed by atoms with E-state index in [9.17, 15) is 18.0 Å². The molecule has 0 bridgehead atoms. The van der Waals surface area contributed by atoms with E-state index in [1.165, 1.54) is 18.3 Å². The summed E-state index contributed by atoms with van der Waals surface area (Å²) in [6.07, 6.45) is -0.327. The van der Waals surface area contributed by atoms with E-state index in [-0.39, 0.29) is 17.8 Å². The van der Waals surface area contributed by atoms with Gasteiger partial charge in [0.15, 0.2) is 0 Å². The van der Waals surface area contributed by atoms with Crippen LogP contribution in [0, 0.1) is 0 Å². The average molecular weight is 317 g/mol. The molecule has 0 aliphatic rings. The molecule has 1 aromatic rings. The molecule has 0 saturated heterocycles. The summed E-state index contributed by atoms with van der Waals surface area (Å²) in [6, 6.07) is 2.50. The zero-order chi connectivity index (χ0) is 16.0. The summed E-state index contributed by atoms with van der Waals surface area (Å²) in [6.45, 7) is 2.87. The fraction of sp³-hybridized carbons (Fsp3) is 0.364. The number of carbonyl (C=O) groups is 2. The predicted octanol–water partition coefficient (Wildman–Crippen LogP) is 0.249. The van der Waals surface area contributed by atoms with Gasteiger partial charge in [0, 0.05) is 6.20 Å². The van der Waals surface area contributed by atoms with Gasteiger partial charge in [-0.15, -0.1) is 0 Å². The van der Waals surface area contributed by atoms with Crippen LogP contribution < -0.4 is 9.44 Å². The van der Waals surface area contributed by atoms with Gasteiger partial charge in [-0.3, -0.25) is 4.98 Å². The number of hydrogen-bond donors (Lipinski definition) is 3. The van der Waals surface area contributed by atoms with Crippen molar-refractivity contribution >= 4 is 22.3 Å². The first-order chi connectivity index (χ1) is 9.69. The first kappa shape index (κ1) is 16.9. The minimum atomic E-state index is -4.12. The number of ether oxygens (including phenoxy) is 1. The summed E-state index contributed by atoms with van der Waals surface area (Å²) in [5.41, 5.74) is 0.170. The Bertz CT molecular complexity index is 629. The maximum atomic E-state index is 11.5. The molecule has 0 aromatic carbocycles. The second-order valence-corrected chi connectivity index (χ2v) is 5.72. The molecular weight excluding hydrogens is 302 g/mol. The predicted molar refractivity (Wildman–Crippen MR) is 71.7 cm³/mol. The Morgan fingerprint density at radius 1 is 1.43 bits per heavy atom. The molecule has 0 aliphatic carbocycles. The molecule has 3 N–H and O–H groups in total. The highest BCUT2D eigenvalue weighted by Gasteiger charge is 2.16. The molecule has 9 nitrogen and oxygen atoms in total. The standard InChI is InChI=1S/C11H15N3O6S/c1-7(2)20-11(17)14-21(18,19)13-6-9-5-8(10(15)16)3-4-12-9/h3-5,7,13H,6H2,1-2H3,(H,14,17)(H,15,16). The largest absolute Gasteiger partial charge is 0.478 e. The summed E-state index contributed by atoms with van der Waals surface area (Å²) in [7, 11) is -4.12. The zero-order valence-electron chi connectivity index (χ0n) is 11.4. The molecule has 1 rings (SSSR count). The molecule has 1 heterocycles. The number of hydrogen-bond acceptors (Lipinski definition) is 6. The van der Waals surface area contributed by atoms with E-state index < -0.39 is 28.4 Å². The quantitative estimate of drug-likeness (QED) is 0.684. The van der Waals surface area contributed by atoms with E-state index in [2.05, 4.69) is 14.4 Å². The SMILES string of the molecule is CC(C)OC(=O)NS(=O)(=O)NCc1cc(C(=O)O)ccn1. The molecule has 10 heteroatoms. The van der Waals surface area contributed by atoms with Crippen molar-refractivity contribution in [1.82, 2.24) is 14.4 Å². The third kappa shape index (κ3) is 6.19. The summed E-state index contributed by atoms with van der Waals surface area (Å²) in [5.74, 6) is -1.15. The van der Waals surface area contributed by atoms with Gasteiger partial charge in [-0.1, -0.05) is 0 Å². The number of amides is 1. The van der Waals surface area contributed by atoms with Gasteiger partial charge in [0.05, 0.1) is 23.9 Å². The van der Waals surface area contributed by atoms with Gasteiger partial charge in [0.1, 0.15) is 0 Å². The lowest BCUT2D eigenvalue weighted by molar-refractivity contribution is 0.0696. The number of aromatic nitrogens is 1. The second-order valence-electron chi connectivity index (χ2n) is 4.22. The van der Waals surface area contributed by atoms with Crippen molar-refractivity contribution in [3.63, 3.8) is 0 Å². The Morgan fingerprint density at radius 3 is 2.67 bits per heavy atom. The van der Waals surface area contributed by atoms with E-state index in [1.54, 1.807) is 18.6 Å². The highest BCUT2D eigenvalue weighted by Crippen LogP contribution is 2.02. The summed E-state index contributed by atoms with van der Waals surface area (Å²) in [5, 5.41) is 8.80. The monoisotopic (exact) mass is 317 g/mol. The van der Waals surface area contributed by atoms with Crippen LogP contribution in [0.4, 0.5) is 4.79 Å². The molecule has 0 spiro atoms. The molecule has 0 radical (unpaired) electrons. The smallest absolute Gasteiger partial charge is 0.422 e. The van der Waals surface area contributed by atoms with Crippen LogP contribution in [0.25, 0.3) is 0 Å². The van der Waals surface area contributed by atoms with Crippen LogP contribution in [-0.4, -0.2) is 36.7 Å². The number of aromatic carboxylic acids is 1. The van der Waals surface area contributed by atoms with Crippen molar-refractivity contribution < 1.29 is 27.9 Å². The van der Waals surface area contributed by atoms with Crippen molar-refractivity contribution in [2.24, 2.45) is 0 Å². The molecule has 0 atom stereocenters. The van der Waals surface area contributed by atoms with Gasteiger partial charge in [0.25, 0.3) is 0 Å². The highest BCUT2D eigenvalue weighted by atomic mass is 32.2. The molecule has 0 unspecified atom stereocenters. The molecule has 1 aromatic heterocycles. The van der Waals surface area contributed by atoms with Crippen LogP contribution in [0.3, 0.4) is 0 Å². The molecule has 1 amide bonds. The summed E-state index contributed by atoms with van der Waals surface area (Å²) in [4.78, 5) is 25.8. The minimum absolute atomic E-state index is 0.0219. The van der Waals surface area contributed by atoms with Crippen molar-refractivity contribution in [2.75, 3.05) is 0 Å². The molecule has 0 aliphatic heterocycles. The maximum absolute atomic E-state index is 11.5. The van der Waals surface area contributed by atoms with E-state index in [4.69, 9.17) is 5.11 Å². The lowest BCUT2D eigenvalue weighted by Gasteiger charge is -2.10. The fourth-order valence-electron chi connectivity index (χ4n) is 1.26. The number of nitrogens with zero attached hydrogens (tertiary/aromatic N) is 1. The molecule has 21 heavy (non-hydrogen) atoms. The van der Waals surface area contributed by atoms with Crippen molar-refractivity contribution in [1.29, 1.82) is 0 Å². The van der Waals surface area contributed by atoms with Crippen molar-refractivity contribution in [3.8, 4) is 0 Å². The summed E-state index contributed by atoms with van der Waals surface area (Å²) < 4.78 is 31.4. The zero-order valence-corrected chi connectivity index (χ0v) is 12.2. The van der Waals surface area contributed by atoms with Crippen LogP contribution >= 0.6 is 0 Å². The molecule has 0 saturated carbocycles. The normalized spacial score (nSPS) is 11.2. The number of carboxylic acids is 1.